The molecule has 22 heavy (non-hydrogen) atoms. The fourth-order valence-electron chi connectivity index (χ4n) is 1.75. The monoisotopic (exact) mass is 314 g/mol. The summed E-state index contributed by atoms with van der Waals surface area (Å²) < 4.78 is 10.3. The Kier molecular flexibility index (Phi) is 8.85. The van der Waals surface area contributed by atoms with Crippen LogP contribution < -0.4 is 5.32 Å². The van der Waals surface area contributed by atoms with Gasteiger partial charge in [0.15, 0.2) is 0 Å². The van der Waals surface area contributed by atoms with Crippen LogP contribution >= 0.6 is 0 Å². The van der Waals surface area contributed by atoms with Gasteiger partial charge in [-0.2, -0.15) is 0 Å². The van der Waals surface area contributed by atoms with Crippen molar-refractivity contribution in [3.63, 3.8) is 0 Å². The van der Waals surface area contributed by atoms with E-state index < -0.39 is 5.97 Å². The summed E-state index contributed by atoms with van der Waals surface area (Å²) in [6.07, 6.45) is 3.52. The highest BCUT2D eigenvalue weighted by Gasteiger charge is 2.15. The van der Waals surface area contributed by atoms with Crippen molar-refractivity contribution >= 4 is 17.8 Å². The number of aliphatic carboxylic acids is 1. The minimum atomic E-state index is -0.893. The number of carbonyl (C=O) groups excluding carboxylic acids is 2. The molecule has 8 nitrogen and oxygen atoms in total. The van der Waals surface area contributed by atoms with E-state index in [1.807, 2.05) is 0 Å². The molecule has 0 unspecified atom stereocenters. The number of carboxylic acid groups (broad SMARTS) is 1. The van der Waals surface area contributed by atoms with E-state index in [1.165, 1.54) is 6.08 Å². The topological polar surface area (TPSA) is 105 Å². The first-order valence-electron chi connectivity index (χ1n) is 7.19. The summed E-state index contributed by atoms with van der Waals surface area (Å²) in [5.41, 5.74) is 0. The second kappa shape index (κ2) is 10.7. The minimum absolute atomic E-state index is 0.0227. The smallest absolute Gasteiger partial charge is 0.305 e. The Morgan fingerprint density at radius 1 is 1.18 bits per heavy atom. The van der Waals surface area contributed by atoms with Gasteiger partial charge in [0, 0.05) is 32.1 Å². The van der Waals surface area contributed by atoms with Crippen LogP contribution in [0.2, 0.25) is 0 Å². The Bertz CT molecular complexity index is 410. The van der Waals surface area contributed by atoms with Crippen molar-refractivity contribution in [1.82, 2.24) is 10.2 Å². The van der Waals surface area contributed by atoms with Crippen molar-refractivity contribution in [2.24, 2.45) is 0 Å². The molecule has 2 N–H and O–H groups in total. The van der Waals surface area contributed by atoms with E-state index in [0.29, 0.717) is 39.5 Å². The highest BCUT2D eigenvalue weighted by molar-refractivity contribution is 5.90. The summed E-state index contributed by atoms with van der Waals surface area (Å²) in [7, 11) is 0. The largest absolute Gasteiger partial charge is 0.481 e. The predicted molar refractivity (Wildman–Crippen MR) is 77.2 cm³/mol. The van der Waals surface area contributed by atoms with E-state index in [9.17, 15) is 14.4 Å². The third kappa shape index (κ3) is 8.38. The molecule has 0 aromatic rings. The lowest BCUT2D eigenvalue weighted by atomic mass is 10.3. The van der Waals surface area contributed by atoms with Crippen LogP contribution in [-0.2, 0) is 23.9 Å². The SMILES string of the molecule is O=C(O)CCOCCOCCNC(=O)CCN1CC=CC1=O. The molecule has 124 valence electrons. The maximum atomic E-state index is 11.5. The van der Waals surface area contributed by atoms with Crippen LogP contribution in [0.4, 0.5) is 0 Å². The Balaban J connectivity index is 1.86. The van der Waals surface area contributed by atoms with E-state index in [2.05, 4.69) is 5.32 Å². The Labute approximate surface area is 129 Å². The number of nitrogens with zero attached hydrogens (tertiary/aromatic N) is 1. The molecular weight excluding hydrogens is 292 g/mol. The quantitative estimate of drug-likeness (QED) is 0.466. The maximum absolute atomic E-state index is 11.5. The number of hydrogen-bond donors (Lipinski definition) is 2. The van der Waals surface area contributed by atoms with Gasteiger partial charge in [0.05, 0.1) is 32.8 Å². The fraction of sp³-hybridized carbons (Fsp3) is 0.643. The van der Waals surface area contributed by atoms with Gasteiger partial charge in [-0.3, -0.25) is 14.4 Å². The number of carboxylic acids is 1. The van der Waals surface area contributed by atoms with Crippen LogP contribution in [0.25, 0.3) is 0 Å². The molecule has 1 rings (SSSR count). The number of carbonyl (C=O) groups is 3. The van der Waals surface area contributed by atoms with Crippen LogP contribution in [0.5, 0.6) is 0 Å². The fourth-order valence-corrected chi connectivity index (χ4v) is 1.75. The van der Waals surface area contributed by atoms with Gasteiger partial charge in [0.1, 0.15) is 0 Å². The molecule has 0 radical (unpaired) electrons. The molecule has 1 aliphatic rings. The lowest BCUT2D eigenvalue weighted by molar-refractivity contribution is -0.138. The summed E-state index contributed by atoms with van der Waals surface area (Å²) in [5, 5.41) is 11.1. The zero-order valence-electron chi connectivity index (χ0n) is 12.5. The van der Waals surface area contributed by atoms with Crippen LogP contribution in [0.15, 0.2) is 12.2 Å². The summed E-state index contributed by atoms with van der Waals surface area (Å²) in [5.74, 6) is -1.07. The molecule has 0 aromatic heterocycles. The van der Waals surface area contributed by atoms with Crippen molar-refractivity contribution < 1.29 is 29.0 Å². The Hall–Kier alpha value is -1.93. The van der Waals surface area contributed by atoms with Crippen LogP contribution in [0, 0.1) is 0 Å². The van der Waals surface area contributed by atoms with Crippen LogP contribution in [-0.4, -0.2) is 73.9 Å². The van der Waals surface area contributed by atoms with E-state index in [4.69, 9.17) is 14.6 Å². The number of ether oxygens (including phenoxy) is 2. The van der Waals surface area contributed by atoms with Crippen molar-refractivity contribution in [2.45, 2.75) is 12.8 Å². The van der Waals surface area contributed by atoms with Gasteiger partial charge in [-0.05, 0) is 0 Å². The van der Waals surface area contributed by atoms with E-state index >= 15 is 0 Å². The summed E-state index contributed by atoms with van der Waals surface area (Å²) >= 11 is 0. The molecule has 0 aliphatic carbocycles. The minimum Gasteiger partial charge on any atom is -0.481 e. The molecule has 0 aromatic carbocycles. The molecule has 0 spiro atoms. The molecule has 0 fully saturated rings. The maximum Gasteiger partial charge on any atom is 0.305 e. The van der Waals surface area contributed by atoms with Gasteiger partial charge in [-0.25, -0.2) is 0 Å². The number of nitrogens with one attached hydrogen (secondary N) is 1. The molecule has 1 aliphatic heterocycles. The van der Waals surface area contributed by atoms with Gasteiger partial charge in [0.2, 0.25) is 11.8 Å². The molecule has 0 atom stereocenters. The molecular formula is C14H22N2O6. The average molecular weight is 314 g/mol. The molecule has 0 saturated carbocycles. The first-order chi connectivity index (χ1) is 10.6. The lowest BCUT2D eigenvalue weighted by Gasteiger charge is -2.14. The molecule has 0 saturated heterocycles. The van der Waals surface area contributed by atoms with Gasteiger partial charge in [0.25, 0.3) is 0 Å². The van der Waals surface area contributed by atoms with E-state index in [0.717, 1.165) is 0 Å². The third-order valence-corrected chi connectivity index (χ3v) is 2.91. The zero-order chi connectivity index (χ0) is 16.2. The first-order valence-corrected chi connectivity index (χ1v) is 7.19. The van der Waals surface area contributed by atoms with Gasteiger partial charge in [-0.1, -0.05) is 6.08 Å². The van der Waals surface area contributed by atoms with Crippen LogP contribution in [0.3, 0.4) is 0 Å². The third-order valence-electron chi connectivity index (χ3n) is 2.91. The summed E-state index contributed by atoms with van der Waals surface area (Å²) in [6.45, 7) is 2.57. The second-order valence-electron chi connectivity index (χ2n) is 4.66. The lowest BCUT2D eigenvalue weighted by Crippen LogP contribution is -2.33. The van der Waals surface area contributed by atoms with Crippen molar-refractivity contribution in [1.29, 1.82) is 0 Å². The summed E-state index contributed by atoms with van der Waals surface area (Å²) in [6, 6.07) is 0. The van der Waals surface area contributed by atoms with Gasteiger partial charge >= 0.3 is 5.97 Å². The second-order valence-corrected chi connectivity index (χ2v) is 4.66. The van der Waals surface area contributed by atoms with Crippen molar-refractivity contribution in [3.8, 4) is 0 Å². The number of amides is 2. The van der Waals surface area contributed by atoms with Gasteiger partial charge < -0.3 is 24.8 Å². The van der Waals surface area contributed by atoms with E-state index in [-0.39, 0.29) is 31.3 Å². The Morgan fingerprint density at radius 3 is 2.55 bits per heavy atom. The normalized spacial score (nSPS) is 13.6. The molecule has 8 heteroatoms. The predicted octanol–water partition coefficient (Wildman–Crippen LogP) is -0.601. The molecule has 1 heterocycles. The van der Waals surface area contributed by atoms with Crippen LogP contribution in [0.1, 0.15) is 12.8 Å². The summed E-state index contributed by atoms with van der Waals surface area (Å²) in [4.78, 5) is 34.6. The first kappa shape index (κ1) is 18.1. The van der Waals surface area contributed by atoms with Gasteiger partial charge in [-0.15, -0.1) is 0 Å². The average Bonchev–Trinajstić information content (AvgIpc) is 2.88. The highest BCUT2D eigenvalue weighted by atomic mass is 16.5. The Morgan fingerprint density at radius 2 is 1.91 bits per heavy atom. The van der Waals surface area contributed by atoms with Crippen molar-refractivity contribution in [3.05, 3.63) is 12.2 Å². The number of hydrogen-bond acceptors (Lipinski definition) is 5. The molecule has 0 bridgehead atoms. The number of rotatable bonds is 12. The highest BCUT2D eigenvalue weighted by Crippen LogP contribution is 2.01. The van der Waals surface area contributed by atoms with Crippen molar-refractivity contribution in [2.75, 3.05) is 46.1 Å². The standard InChI is InChI=1S/C14H22N2O6/c17-12(3-7-16-6-1-2-13(16)18)15-5-9-22-11-10-21-8-4-14(19)20/h1-2H,3-11H2,(H,15,17)(H,19,20). The zero-order valence-corrected chi connectivity index (χ0v) is 12.5. The van der Waals surface area contributed by atoms with E-state index in [1.54, 1.807) is 11.0 Å². The molecule has 2 amide bonds.